The number of methoxy groups -OCH3 is 2. The monoisotopic (exact) mass is 356 g/mol. The van der Waals surface area contributed by atoms with Gasteiger partial charge in [-0.05, 0) is 44.0 Å². The lowest BCUT2D eigenvalue weighted by Gasteiger charge is -2.31. The highest BCUT2D eigenvalue weighted by Gasteiger charge is 2.26. The smallest absolute Gasteiger partial charge is 0.227 e. The Morgan fingerprint density at radius 2 is 1.81 bits per heavy atom. The van der Waals surface area contributed by atoms with Crippen molar-refractivity contribution >= 4 is 17.4 Å². The van der Waals surface area contributed by atoms with E-state index in [-0.39, 0.29) is 11.8 Å². The molecule has 3 rings (SSSR count). The van der Waals surface area contributed by atoms with Gasteiger partial charge in [0.15, 0.2) is 17.3 Å². The van der Waals surface area contributed by atoms with Gasteiger partial charge in [-0.3, -0.25) is 4.79 Å². The molecule has 1 aliphatic rings. The van der Waals surface area contributed by atoms with E-state index in [0.717, 1.165) is 37.4 Å². The molecule has 2 aromatic rings. The van der Waals surface area contributed by atoms with Gasteiger partial charge in [0.25, 0.3) is 0 Å². The molecular formula is C19H24N4O3. The number of hydrogen-bond donors (Lipinski definition) is 1. The maximum absolute atomic E-state index is 12.6. The van der Waals surface area contributed by atoms with E-state index in [1.165, 1.54) is 0 Å². The number of rotatable bonds is 5. The van der Waals surface area contributed by atoms with Crippen molar-refractivity contribution in [3.63, 3.8) is 0 Å². The van der Waals surface area contributed by atoms with E-state index in [1.54, 1.807) is 26.4 Å². The van der Waals surface area contributed by atoms with Crippen molar-refractivity contribution in [1.29, 1.82) is 0 Å². The topological polar surface area (TPSA) is 76.6 Å². The average molecular weight is 356 g/mol. The third-order valence-corrected chi connectivity index (χ3v) is 4.62. The summed E-state index contributed by atoms with van der Waals surface area (Å²) < 4.78 is 10.5. The fourth-order valence-electron chi connectivity index (χ4n) is 3.09. The van der Waals surface area contributed by atoms with Crippen LogP contribution in [-0.2, 0) is 4.79 Å². The molecule has 1 aromatic carbocycles. The highest BCUT2D eigenvalue weighted by molar-refractivity contribution is 5.93. The number of piperidine rings is 1. The number of benzene rings is 1. The summed E-state index contributed by atoms with van der Waals surface area (Å²) in [6.45, 7) is 3.50. The molecule has 1 saturated heterocycles. The second kappa shape index (κ2) is 8.03. The Balaban J connectivity index is 1.57. The van der Waals surface area contributed by atoms with E-state index in [4.69, 9.17) is 9.47 Å². The molecule has 0 spiro atoms. The van der Waals surface area contributed by atoms with Gasteiger partial charge >= 0.3 is 0 Å². The van der Waals surface area contributed by atoms with Crippen LogP contribution in [0.25, 0.3) is 0 Å². The summed E-state index contributed by atoms with van der Waals surface area (Å²) in [6, 6.07) is 9.31. The van der Waals surface area contributed by atoms with Crippen LogP contribution in [0, 0.1) is 12.8 Å². The number of ether oxygens (including phenoxy) is 2. The Labute approximate surface area is 153 Å². The zero-order chi connectivity index (χ0) is 18.5. The highest BCUT2D eigenvalue weighted by Crippen LogP contribution is 2.30. The summed E-state index contributed by atoms with van der Waals surface area (Å²) in [5.74, 6) is 2.12. The number of anilines is 2. The van der Waals surface area contributed by atoms with Crippen molar-refractivity contribution in [3.8, 4) is 11.5 Å². The van der Waals surface area contributed by atoms with E-state index in [0.29, 0.717) is 17.2 Å². The summed E-state index contributed by atoms with van der Waals surface area (Å²) in [5, 5.41) is 11.3. The van der Waals surface area contributed by atoms with Crippen molar-refractivity contribution in [3.05, 3.63) is 36.0 Å². The van der Waals surface area contributed by atoms with Crippen LogP contribution in [0.2, 0.25) is 0 Å². The number of aromatic nitrogens is 2. The molecule has 7 nitrogen and oxygen atoms in total. The Bertz CT molecular complexity index is 756. The standard InChI is InChI=1S/C19H24N4O3/c1-13-4-7-18(22-21-13)23-10-8-14(9-11-23)19(24)20-15-5-6-16(25-2)17(12-15)26-3/h4-7,12,14H,8-11H2,1-3H3,(H,20,24). The van der Waals surface area contributed by atoms with Gasteiger partial charge < -0.3 is 19.7 Å². The molecule has 7 heteroatoms. The van der Waals surface area contributed by atoms with E-state index in [2.05, 4.69) is 20.4 Å². The molecule has 0 radical (unpaired) electrons. The third kappa shape index (κ3) is 4.04. The molecule has 2 heterocycles. The summed E-state index contributed by atoms with van der Waals surface area (Å²) in [7, 11) is 3.16. The average Bonchev–Trinajstić information content (AvgIpc) is 2.68. The van der Waals surface area contributed by atoms with E-state index in [1.807, 2.05) is 25.1 Å². The molecule has 0 saturated carbocycles. The lowest BCUT2D eigenvalue weighted by Crippen LogP contribution is -2.38. The zero-order valence-corrected chi connectivity index (χ0v) is 15.4. The van der Waals surface area contributed by atoms with E-state index < -0.39 is 0 Å². The third-order valence-electron chi connectivity index (χ3n) is 4.62. The Hall–Kier alpha value is -2.83. The van der Waals surface area contributed by atoms with Crippen LogP contribution >= 0.6 is 0 Å². The minimum Gasteiger partial charge on any atom is -0.493 e. The van der Waals surface area contributed by atoms with Crippen molar-refractivity contribution in [1.82, 2.24) is 10.2 Å². The van der Waals surface area contributed by atoms with Gasteiger partial charge in [-0.15, -0.1) is 5.10 Å². The molecule has 0 unspecified atom stereocenters. The first kappa shape index (κ1) is 18.0. The minimum absolute atomic E-state index is 0.0160. The number of nitrogens with zero attached hydrogens (tertiary/aromatic N) is 3. The van der Waals surface area contributed by atoms with E-state index in [9.17, 15) is 4.79 Å². The molecule has 0 aliphatic carbocycles. The molecule has 1 aliphatic heterocycles. The Morgan fingerprint density at radius 3 is 2.42 bits per heavy atom. The first-order valence-electron chi connectivity index (χ1n) is 8.69. The fraction of sp³-hybridized carbons (Fsp3) is 0.421. The molecule has 0 atom stereocenters. The Morgan fingerprint density at radius 1 is 1.08 bits per heavy atom. The van der Waals surface area contributed by atoms with Crippen molar-refractivity contribution in [2.75, 3.05) is 37.5 Å². The lowest BCUT2D eigenvalue weighted by molar-refractivity contribution is -0.120. The van der Waals surface area contributed by atoms with Gasteiger partial charge in [0, 0.05) is 30.8 Å². The summed E-state index contributed by atoms with van der Waals surface area (Å²) in [5.41, 5.74) is 1.61. The number of nitrogens with one attached hydrogen (secondary N) is 1. The normalized spacial score (nSPS) is 14.8. The number of hydrogen-bond acceptors (Lipinski definition) is 6. The molecular weight excluding hydrogens is 332 g/mol. The fourth-order valence-corrected chi connectivity index (χ4v) is 3.09. The molecule has 1 N–H and O–H groups in total. The van der Waals surface area contributed by atoms with Crippen molar-refractivity contribution in [2.24, 2.45) is 5.92 Å². The second-order valence-electron chi connectivity index (χ2n) is 6.35. The maximum atomic E-state index is 12.6. The first-order valence-corrected chi connectivity index (χ1v) is 8.69. The molecule has 138 valence electrons. The molecule has 1 aromatic heterocycles. The minimum atomic E-state index is -0.0160. The molecule has 26 heavy (non-hydrogen) atoms. The summed E-state index contributed by atoms with van der Waals surface area (Å²) in [4.78, 5) is 14.8. The van der Waals surface area contributed by atoms with Crippen LogP contribution in [-0.4, -0.2) is 43.4 Å². The molecule has 1 fully saturated rings. The SMILES string of the molecule is COc1ccc(NC(=O)C2CCN(c3ccc(C)nn3)CC2)cc1OC. The molecule has 0 bridgehead atoms. The number of aryl methyl sites for hydroxylation is 1. The first-order chi connectivity index (χ1) is 12.6. The van der Waals surface area contributed by atoms with Gasteiger partial charge in [-0.2, -0.15) is 5.10 Å². The lowest BCUT2D eigenvalue weighted by atomic mass is 9.96. The van der Waals surface area contributed by atoms with Crippen molar-refractivity contribution < 1.29 is 14.3 Å². The van der Waals surface area contributed by atoms with Gasteiger partial charge in [0.2, 0.25) is 5.91 Å². The van der Waals surface area contributed by atoms with Gasteiger partial charge in [-0.25, -0.2) is 0 Å². The van der Waals surface area contributed by atoms with Crippen molar-refractivity contribution in [2.45, 2.75) is 19.8 Å². The summed E-state index contributed by atoms with van der Waals surface area (Å²) in [6.07, 6.45) is 1.57. The summed E-state index contributed by atoms with van der Waals surface area (Å²) >= 11 is 0. The zero-order valence-electron chi connectivity index (χ0n) is 15.4. The number of amides is 1. The van der Waals surface area contributed by atoms with Gasteiger partial charge in [0.1, 0.15) is 0 Å². The van der Waals surface area contributed by atoms with Crippen LogP contribution in [0.3, 0.4) is 0 Å². The van der Waals surface area contributed by atoms with Crippen LogP contribution in [0.1, 0.15) is 18.5 Å². The maximum Gasteiger partial charge on any atom is 0.227 e. The predicted molar refractivity (Wildman–Crippen MR) is 99.9 cm³/mol. The van der Waals surface area contributed by atoms with Crippen LogP contribution in [0.4, 0.5) is 11.5 Å². The quantitative estimate of drug-likeness (QED) is 0.888. The van der Waals surface area contributed by atoms with Gasteiger partial charge in [-0.1, -0.05) is 0 Å². The highest BCUT2D eigenvalue weighted by atomic mass is 16.5. The second-order valence-corrected chi connectivity index (χ2v) is 6.35. The number of carbonyl (C=O) groups excluding carboxylic acids is 1. The van der Waals surface area contributed by atoms with Crippen LogP contribution in [0.5, 0.6) is 11.5 Å². The Kier molecular flexibility index (Phi) is 5.55. The molecule has 1 amide bonds. The number of carbonyl (C=O) groups is 1. The van der Waals surface area contributed by atoms with Crippen LogP contribution in [0.15, 0.2) is 30.3 Å². The van der Waals surface area contributed by atoms with E-state index >= 15 is 0 Å². The van der Waals surface area contributed by atoms with Gasteiger partial charge in [0.05, 0.1) is 19.9 Å². The largest absolute Gasteiger partial charge is 0.493 e. The predicted octanol–water partition coefficient (Wildman–Crippen LogP) is 2.66. The van der Waals surface area contributed by atoms with Crippen LogP contribution < -0.4 is 19.7 Å².